The summed E-state index contributed by atoms with van der Waals surface area (Å²) in [6, 6.07) is 3.47. The smallest absolute Gasteiger partial charge is 0.406 e. The number of halogens is 4. The van der Waals surface area contributed by atoms with E-state index >= 15 is 0 Å². The van der Waals surface area contributed by atoms with E-state index in [-0.39, 0.29) is 28.5 Å². The van der Waals surface area contributed by atoms with Crippen LogP contribution in [0.4, 0.5) is 13.2 Å². The van der Waals surface area contributed by atoms with Crippen molar-refractivity contribution in [2.45, 2.75) is 6.36 Å². The van der Waals surface area contributed by atoms with Gasteiger partial charge in [-0.05, 0) is 34.1 Å². The average Bonchev–Trinajstić information content (AvgIpc) is 2.25. The van der Waals surface area contributed by atoms with Crippen LogP contribution >= 0.6 is 15.9 Å². The number of alkyl halides is 3. The van der Waals surface area contributed by atoms with Crippen molar-refractivity contribution in [2.24, 2.45) is 5.92 Å². The number of aliphatic hydroxyl groups excluding tert-OH is 1. The fourth-order valence-corrected chi connectivity index (χ4v) is 2.42. The van der Waals surface area contributed by atoms with Crippen molar-refractivity contribution in [3.63, 3.8) is 0 Å². The van der Waals surface area contributed by atoms with Gasteiger partial charge in [0.2, 0.25) is 0 Å². The highest BCUT2D eigenvalue weighted by Gasteiger charge is 2.33. The van der Waals surface area contributed by atoms with Crippen LogP contribution in [0.25, 0.3) is 0 Å². The van der Waals surface area contributed by atoms with Gasteiger partial charge in [0.25, 0.3) is 5.91 Å². The minimum atomic E-state index is -4.77. The molecule has 1 heterocycles. The van der Waals surface area contributed by atoms with Crippen molar-refractivity contribution in [1.82, 2.24) is 4.90 Å². The summed E-state index contributed by atoms with van der Waals surface area (Å²) >= 11 is 3.06. The van der Waals surface area contributed by atoms with Gasteiger partial charge < -0.3 is 14.7 Å². The Bertz CT molecular complexity index is 515. The Kier molecular flexibility index (Phi) is 4.24. The first-order valence-corrected chi connectivity index (χ1v) is 6.55. The molecule has 0 atom stereocenters. The maximum Gasteiger partial charge on any atom is 0.573 e. The number of benzene rings is 1. The van der Waals surface area contributed by atoms with E-state index in [1.807, 2.05) is 0 Å². The van der Waals surface area contributed by atoms with Crippen LogP contribution in [0.3, 0.4) is 0 Å². The maximum atomic E-state index is 12.1. The molecule has 110 valence electrons. The van der Waals surface area contributed by atoms with E-state index in [1.165, 1.54) is 11.0 Å². The van der Waals surface area contributed by atoms with Crippen LogP contribution in [0.5, 0.6) is 5.75 Å². The topological polar surface area (TPSA) is 49.8 Å². The molecule has 2 rings (SSSR count). The van der Waals surface area contributed by atoms with Gasteiger partial charge >= 0.3 is 6.36 Å². The Morgan fingerprint density at radius 1 is 1.45 bits per heavy atom. The van der Waals surface area contributed by atoms with E-state index < -0.39 is 12.1 Å². The standard InChI is InChI=1S/C12H11BrF3NO3/c13-10-3-8(20-12(14,15)16)1-2-9(10)11(19)17-4-7(5-17)6-18/h1-3,7,18H,4-6H2. The molecule has 4 nitrogen and oxygen atoms in total. The van der Waals surface area contributed by atoms with Crippen LogP contribution in [0.15, 0.2) is 22.7 Å². The van der Waals surface area contributed by atoms with Crippen LogP contribution in [0.1, 0.15) is 10.4 Å². The van der Waals surface area contributed by atoms with Crippen molar-refractivity contribution in [3.05, 3.63) is 28.2 Å². The minimum Gasteiger partial charge on any atom is -0.406 e. The number of ether oxygens (including phenoxy) is 1. The molecule has 1 aromatic carbocycles. The van der Waals surface area contributed by atoms with Crippen LogP contribution in [-0.2, 0) is 0 Å². The molecule has 0 aromatic heterocycles. The fraction of sp³-hybridized carbons (Fsp3) is 0.417. The van der Waals surface area contributed by atoms with Crippen LogP contribution in [0.2, 0.25) is 0 Å². The van der Waals surface area contributed by atoms with Crippen molar-refractivity contribution < 1.29 is 27.8 Å². The number of carbonyl (C=O) groups is 1. The second-order valence-electron chi connectivity index (χ2n) is 4.45. The third-order valence-corrected chi connectivity index (χ3v) is 3.56. The highest BCUT2D eigenvalue weighted by Crippen LogP contribution is 2.29. The molecule has 8 heteroatoms. The summed E-state index contributed by atoms with van der Waals surface area (Å²) < 4.78 is 40.2. The van der Waals surface area contributed by atoms with E-state index in [2.05, 4.69) is 20.7 Å². The van der Waals surface area contributed by atoms with E-state index in [0.717, 1.165) is 12.1 Å². The van der Waals surface area contributed by atoms with Gasteiger partial charge in [0.05, 0.1) is 5.56 Å². The van der Waals surface area contributed by atoms with Crippen molar-refractivity contribution >= 4 is 21.8 Å². The summed E-state index contributed by atoms with van der Waals surface area (Å²) in [5, 5.41) is 8.88. The highest BCUT2D eigenvalue weighted by atomic mass is 79.9. The zero-order valence-corrected chi connectivity index (χ0v) is 11.7. The second-order valence-corrected chi connectivity index (χ2v) is 5.30. The minimum absolute atomic E-state index is 0.0172. The molecule has 1 aliphatic rings. The normalized spacial score (nSPS) is 15.9. The van der Waals surface area contributed by atoms with Gasteiger partial charge in [-0.3, -0.25) is 4.79 Å². The summed E-state index contributed by atoms with van der Waals surface area (Å²) in [7, 11) is 0. The quantitative estimate of drug-likeness (QED) is 0.907. The summed E-state index contributed by atoms with van der Waals surface area (Å²) in [4.78, 5) is 13.6. The van der Waals surface area contributed by atoms with E-state index in [1.54, 1.807) is 0 Å². The maximum absolute atomic E-state index is 12.1. The lowest BCUT2D eigenvalue weighted by atomic mass is 10.00. The van der Waals surface area contributed by atoms with Crippen LogP contribution in [0, 0.1) is 5.92 Å². The van der Waals surface area contributed by atoms with E-state index in [9.17, 15) is 18.0 Å². The van der Waals surface area contributed by atoms with Gasteiger partial charge in [-0.25, -0.2) is 0 Å². The zero-order chi connectivity index (χ0) is 14.9. The van der Waals surface area contributed by atoms with E-state index in [0.29, 0.717) is 13.1 Å². The summed E-state index contributed by atoms with van der Waals surface area (Å²) in [5.41, 5.74) is 0.260. The van der Waals surface area contributed by atoms with Crippen molar-refractivity contribution in [1.29, 1.82) is 0 Å². The van der Waals surface area contributed by atoms with Gasteiger partial charge in [0.1, 0.15) is 5.75 Å². The SMILES string of the molecule is O=C(c1ccc(OC(F)(F)F)cc1Br)N1CC(CO)C1. The number of aliphatic hydroxyl groups is 1. The molecule has 0 saturated carbocycles. The highest BCUT2D eigenvalue weighted by molar-refractivity contribution is 9.10. The Hall–Kier alpha value is -1.28. The summed E-state index contributed by atoms with van der Waals surface area (Å²) in [6.07, 6.45) is -4.77. The molecule has 1 aromatic rings. The molecule has 1 amide bonds. The van der Waals surface area contributed by atoms with Crippen LogP contribution in [-0.4, -0.2) is 42.0 Å². The third kappa shape index (κ3) is 3.43. The first-order chi connectivity index (χ1) is 9.30. The first-order valence-electron chi connectivity index (χ1n) is 5.75. The molecular formula is C12H11BrF3NO3. The van der Waals surface area contributed by atoms with Crippen LogP contribution < -0.4 is 4.74 Å². The second kappa shape index (κ2) is 5.61. The van der Waals surface area contributed by atoms with E-state index in [4.69, 9.17) is 5.11 Å². The average molecular weight is 354 g/mol. The van der Waals surface area contributed by atoms with Crippen molar-refractivity contribution in [3.8, 4) is 5.75 Å². The Balaban J connectivity index is 2.08. The molecule has 20 heavy (non-hydrogen) atoms. The number of carbonyl (C=O) groups excluding carboxylic acids is 1. The Morgan fingerprint density at radius 3 is 2.60 bits per heavy atom. The van der Waals surface area contributed by atoms with Gasteiger partial charge in [0.15, 0.2) is 0 Å². The molecule has 0 radical (unpaired) electrons. The molecule has 0 unspecified atom stereocenters. The largest absolute Gasteiger partial charge is 0.573 e. The monoisotopic (exact) mass is 353 g/mol. The molecule has 1 aliphatic heterocycles. The van der Waals surface area contributed by atoms with Gasteiger partial charge in [0, 0.05) is 30.1 Å². The number of hydrogen-bond acceptors (Lipinski definition) is 3. The number of hydrogen-bond donors (Lipinski definition) is 1. The summed E-state index contributed by atoms with van der Waals surface area (Å²) in [6.45, 7) is 0.911. The summed E-state index contributed by atoms with van der Waals surface area (Å²) in [5.74, 6) is -0.608. The lowest BCUT2D eigenvalue weighted by Crippen LogP contribution is -2.51. The first kappa shape index (κ1) is 15.1. The number of nitrogens with zero attached hydrogens (tertiary/aromatic N) is 1. The Morgan fingerprint density at radius 2 is 2.10 bits per heavy atom. The molecule has 0 spiro atoms. The number of amides is 1. The predicted octanol–water partition coefficient (Wildman–Crippen LogP) is 2.41. The van der Waals surface area contributed by atoms with Gasteiger partial charge in [-0.1, -0.05) is 0 Å². The number of likely N-dealkylation sites (tertiary alicyclic amines) is 1. The third-order valence-electron chi connectivity index (χ3n) is 2.91. The molecule has 1 saturated heterocycles. The molecular weight excluding hydrogens is 343 g/mol. The molecule has 1 fully saturated rings. The number of rotatable bonds is 3. The predicted molar refractivity (Wildman–Crippen MR) is 67.3 cm³/mol. The molecule has 1 N–H and O–H groups in total. The Labute approximate surface area is 121 Å². The lowest BCUT2D eigenvalue weighted by molar-refractivity contribution is -0.274. The fourth-order valence-electron chi connectivity index (χ4n) is 1.89. The molecule has 0 aliphatic carbocycles. The molecule has 0 bridgehead atoms. The van der Waals surface area contributed by atoms with Gasteiger partial charge in [-0.2, -0.15) is 0 Å². The lowest BCUT2D eigenvalue weighted by Gasteiger charge is -2.38. The zero-order valence-electron chi connectivity index (χ0n) is 10.2. The van der Waals surface area contributed by atoms with Gasteiger partial charge in [-0.15, -0.1) is 13.2 Å². The van der Waals surface area contributed by atoms with Crippen molar-refractivity contribution in [2.75, 3.05) is 19.7 Å².